The zero-order valence-corrected chi connectivity index (χ0v) is 15.7. The molecule has 0 unspecified atom stereocenters. The fourth-order valence-corrected chi connectivity index (χ4v) is 2.86. The van der Waals surface area contributed by atoms with Crippen LogP contribution in [0, 0.1) is 12.8 Å². The highest BCUT2D eigenvalue weighted by molar-refractivity contribution is 5.81. The zero-order valence-electron chi connectivity index (χ0n) is 15.7. The standard InChI is InChI=1S/C22H29NO2/c1-5-20(25-21-14-10-9-11-17(21)4)22(24)23-19(15-16(2)3)18-12-7-6-8-13-18/h6-14,16,19-20H,5,15H2,1-4H3,(H,23,24)/t19-,20-/m1/s1. The highest BCUT2D eigenvalue weighted by atomic mass is 16.5. The van der Waals surface area contributed by atoms with E-state index < -0.39 is 6.10 Å². The minimum Gasteiger partial charge on any atom is -0.480 e. The Labute approximate surface area is 151 Å². The fraction of sp³-hybridized carbons (Fsp3) is 0.409. The van der Waals surface area contributed by atoms with Crippen molar-refractivity contribution >= 4 is 5.91 Å². The summed E-state index contributed by atoms with van der Waals surface area (Å²) in [5.41, 5.74) is 2.17. The molecule has 2 aromatic carbocycles. The van der Waals surface area contributed by atoms with Gasteiger partial charge in [-0.05, 0) is 42.9 Å². The summed E-state index contributed by atoms with van der Waals surface area (Å²) in [5.74, 6) is 1.20. The van der Waals surface area contributed by atoms with Crippen LogP contribution in [0.1, 0.15) is 50.8 Å². The molecular weight excluding hydrogens is 310 g/mol. The number of rotatable bonds is 8. The van der Waals surface area contributed by atoms with Crippen LogP contribution >= 0.6 is 0 Å². The van der Waals surface area contributed by atoms with Crippen LogP contribution in [0.2, 0.25) is 0 Å². The second-order valence-corrected chi connectivity index (χ2v) is 6.88. The van der Waals surface area contributed by atoms with Crippen LogP contribution in [0.3, 0.4) is 0 Å². The first kappa shape index (κ1) is 19.0. The van der Waals surface area contributed by atoms with Gasteiger partial charge in [0, 0.05) is 0 Å². The first-order valence-electron chi connectivity index (χ1n) is 9.08. The lowest BCUT2D eigenvalue weighted by atomic mass is 9.96. The number of para-hydroxylation sites is 1. The Balaban J connectivity index is 2.11. The minimum atomic E-state index is -0.487. The second-order valence-electron chi connectivity index (χ2n) is 6.88. The van der Waals surface area contributed by atoms with Crippen LogP contribution in [0.4, 0.5) is 0 Å². The monoisotopic (exact) mass is 339 g/mol. The third-order valence-electron chi connectivity index (χ3n) is 4.25. The van der Waals surface area contributed by atoms with E-state index in [-0.39, 0.29) is 11.9 Å². The van der Waals surface area contributed by atoms with Gasteiger partial charge in [-0.25, -0.2) is 0 Å². The quantitative estimate of drug-likeness (QED) is 0.730. The number of carbonyl (C=O) groups is 1. The van der Waals surface area contributed by atoms with Gasteiger partial charge in [0.15, 0.2) is 6.10 Å². The molecule has 0 aliphatic rings. The molecule has 1 N–H and O–H groups in total. The predicted octanol–water partition coefficient (Wildman–Crippen LogP) is 5.06. The summed E-state index contributed by atoms with van der Waals surface area (Å²) < 4.78 is 5.99. The molecule has 25 heavy (non-hydrogen) atoms. The van der Waals surface area contributed by atoms with E-state index in [1.807, 2.05) is 56.3 Å². The molecule has 134 valence electrons. The molecule has 0 heterocycles. The van der Waals surface area contributed by atoms with Gasteiger partial charge in [0.1, 0.15) is 5.75 Å². The number of hydrogen-bond donors (Lipinski definition) is 1. The Morgan fingerprint density at radius 2 is 1.68 bits per heavy atom. The largest absolute Gasteiger partial charge is 0.480 e. The maximum Gasteiger partial charge on any atom is 0.261 e. The smallest absolute Gasteiger partial charge is 0.261 e. The summed E-state index contributed by atoms with van der Waals surface area (Å²) in [6, 6.07) is 17.9. The summed E-state index contributed by atoms with van der Waals surface area (Å²) in [6.07, 6.45) is 1.04. The normalized spacial score (nSPS) is 13.3. The Hall–Kier alpha value is -2.29. The Kier molecular flexibility index (Phi) is 7.05. The number of ether oxygens (including phenoxy) is 1. The van der Waals surface area contributed by atoms with Gasteiger partial charge in [0.05, 0.1) is 6.04 Å². The van der Waals surface area contributed by atoms with Crippen LogP contribution in [0.25, 0.3) is 0 Å². The van der Waals surface area contributed by atoms with Gasteiger partial charge in [-0.3, -0.25) is 4.79 Å². The maximum atomic E-state index is 12.8. The fourth-order valence-electron chi connectivity index (χ4n) is 2.86. The van der Waals surface area contributed by atoms with E-state index in [2.05, 4.69) is 31.3 Å². The molecule has 3 heteroatoms. The van der Waals surface area contributed by atoms with Crippen molar-refractivity contribution in [2.75, 3.05) is 0 Å². The van der Waals surface area contributed by atoms with E-state index in [4.69, 9.17) is 4.74 Å². The summed E-state index contributed by atoms with van der Waals surface area (Å²) >= 11 is 0. The topological polar surface area (TPSA) is 38.3 Å². The molecule has 0 aromatic heterocycles. The van der Waals surface area contributed by atoms with E-state index in [9.17, 15) is 4.79 Å². The molecule has 1 amide bonds. The average Bonchev–Trinajstić information content (AvgIpc) is 2.60. The Bertz CT molecular complexity index is 667. The Morgan fingerprint density at radius 1 is 1.04 bits per heavy atom. The number of nitrogens with one attached hydrogen (secondary N) is 1. The van der Waals surface area contributed by atoms with Gasteiger partial charge in [-0.1, -0.05) is 69.3 Å². The van der Waals surface area contributed by atoms with E-state index >= 15 is 0 Å². The van der Waals surface area contributed by atoms with E-state index in [1.54, 1.807) is 0 Å². The molecule has 0 saturated heterocycles. The minimum absolute atomic E-state index is 0.00298. The predicted molar refractivity (Wildman–Crippen MR) is 103 cm³/mol. The summed E-state index contributed by atoms with van der Waals surface area (Å²) in [5, 5.41) is 3.19. The van der Waals surface area contributed by atoms with Gasteiger partial charge in [-0.2, -0.15) is 0 Å². The van der Waals surface area contributed by atoms with Crippen LogP contribution in [-0.4, -0.2) is 12.0 Å². The third-order valence-corrected chi connectivity index (χ3v) is 4.25. The molecule has 0 saturated carbocycles. The number of carbonyl (C=O) groups excluding carboxylic acids is 1. The molecule has 0 aliphatic heterocycles. The Morgan fingerprint density at radius 3 is 2.28 bits per heavy atom. The molecule has 0 fully saturated rings. The van der Waals surface area contributed by atoms with Crippen molar-refractivity contribution < 1.29 is 9.53 Å². The van der Waals surface area contributed by atoms with Crippen LogP contribution in [0.15, 0.2) is 54.6 Å². The second kappa shape index (κ2) is 9.26. The van der Waals surface area contributed by atoms with Gasteiger partial charge in [0.2, 0.25) is 0 Å². The van der Waals surface area contributed by atoms with E-state index in [0.717, 1.165) is 23.3 Å². The number of amides is 1. The first-order valence-corrected chi connectivity index (χ1v) is 9.08. The highest BCUT2D eigenvalue weighted by Gasteiger charge is 2.23. The summed E-state index contributed by atoms with van der Waals surface area (Å²) in [4.78, 5) is 12.8. The molecule has 0 aliphatic carbocycles. The summed E-state index contributed by atoms with van der Waals surface area (Å²) in [7, 11) is 0. The van der Waals surface area contributed by atoms with Crippen molar-refractivity contribution in [3.63, 3.8) is 0 Å². The van der Waals surface area contributed by atoms with Crippen molar-refractivity contribution in [1.82, 2.24) is 5.32 Å². The number of aryl methyl sites for hydroxylation is 1. The van der Waals surface area contributed by atoms with Gasteiger partial charge in [-0.15, -0.1) is 0 Å². The number of hydrogen-bond acceptors (Lipinski definition) is 2. The van der Waals surface area contributed by atoms with Crippen LogP contribution < -0.4 is 10.1 Å². The maximum absolute atomic E-state index is 12.8. The van der Waals surface area contributed by atoms with Crippen LogP contribution in [0.5, 0.6) is 5.75 Å². The molecule has 2 aromatic rings. The molecule has 3 nitrogen and oxygen atoms in total. The highest BCUT2D eigenvalue weighted by Crippen LogP contribution is 2.23. The third kappa shape index (κ3) is 5.63. The average molecular weight is 339 g/mol. The summed E-state index contributed by atoms with van der Waals surface area (Å²) in [6.45, 7) is 8.31. The van der Waals surface area contributed by atoms with Gasteiger partial charge >= 0.3 is 0 Å². The molecule has 2 atom stereocenters. The van der Waals surface area contributed by atoms with Crippen molar-refractivity contribution in [2.45, 2.75) is 52.7 Å². The number of benzene rings is 2. The van der Waals surface area contributed by atoms with Crippen molar-refractivity contribution in [3.05, 3.63) is 65.7 Å². The SMILES string of the molecule is CC[C@@H](Oc1ccccc1C)C(=O)N[C@H](CC(C)C)c1ccccc1. The van der Waals surface area contributed by atoms with Gasteiger partial charge < -0.3 is 10.1 Å². The molecule has 0 spiro atoms. The molecular formula is C22H29NO2. The lowest BCUT2D eigenvalue weighted by Gasteiger charge is -2.25. The zero-order chi connectivity index (χ0) is 18.2. The molecule has 0 bridgehead atoms. The lowest BCUT2D eigenvalue weighted by molar-refractivity contribution is -0.129. The van der Waals surface area contributed by atoms with Crippen LogP contribution in [-0.2, 0) is 4.79 Å². The lowest BCUT2D eigenvalue weighted by Crippen LogP contribution is -2.40. The van der Waals surface area contributed by atoms with E-state index in [0.29, 0.717) is 12.3 Å². The van der Waals surface area contributed by atoms with Crippen molar-refractivity contribution in [1.29, 1.82) is 0 Å². The first-order chi connectivity index (χ1) is 12.0. The van der Waals surface area contributed by atoms with Crippen molar-refractivity contribution in [2.24, 2.45) is 5.92 Å². The molecule has 0 radical (unpaired) electrons. The molecule has 2 rings (SSSR count). The van der Waals surface area contributed by atoms with Crippen molar-refractivity contribution in [3.8, 4) is 5.75 Å². The van der Waals surface area contributed by atoms with E-state index in [1.165, 1.54) is 0 Å². The van der Waals surface area contributed by atoms with Gasteiger partial charge in [0.25, 0.3) is 5.91 Å².